The van der Waals surface area contributed by atoms with E-state index in [1.165, 1.54) is 20.2 Å². The van der Waals surface area contributed by atoms with Crippen LogP contribution in [0.25, 0.3) is 98.3 Å². The molecule has 0 N–H and O–H groups in total. The molecule has 238 valence electrons. The van der Waals surface area contributed by atoms with Crippen LogP contribution in [0.3, 0.4) is 0 Å². The highest BCUT2D eigenvalue weighted by molar-refractivity contribution is 7.26. The minimum Gasteiger partial charge on any atom is -0.256 e. The Morgan fingerprint density at radius 2 is 1.02 bits per heavy atom. The second-order valence-corrected chi connectivity index (χ2v) is 13.7. The lowest BCUT2D eigenvalue weighted by molar-refractivity contribution is 1.08. The Labute approximate surface area is 298 Å². The standard InChI is InChI=1S/C46H28N4S/c1-2-10-29(11-3-1)32-13-6-14-35(26-32)44-48-45(50-46(49-44)39-19-8-17-37-36-16-4-5-20-42(36)51-43(37)39)38-18-7-12-30-21-23-33(27-40(30)38)34-24-22-31-15-9-25-47-41(31)28-34/h1-28H. The summed E-state index contributed by atoms with van der Waals surface area (Å²) in [4.78, 5) is 20.3. The first-order valence-corrected chi connectivity index (χ1v) is 17.8. The summed E-state index contributed by atoms with van der Waals surface area (Å²) in [7, 11) is 0. The van der Waals surface area contributed by atoms with Crippen LogP contribution < -0.4 is 0 Å². The van der Waals surface area contributed by atoms with Gasteiger partial charge in [0.05, 0.1) is 5.52 Å². The van der Waals surface area contributed by atoms with E-state index in [4.69, 9.17) is 15.0 Å². The first-order chi connectivity index (χ1) is 25.2. The largest absolute Gasteiger partial charge is 0.256 e. The number of fused-ring (bicyclic) bond motifs is 5. The van der Waals surface area contributed by atoms with Crippen LogP contribution in [-0.4, -0.2) is 19.9 Å². The van der Waals surface area contributed by atoms with Gasteiger partial charge in [0.15, 0.2) is 17.5 Å². The first-order valence-electron chi connectivity index (χ1n) is 17.0. The fourth-order valence-corrected chi connectivity index (χ4v) is 8.24. The number of pyridine rings is 1. The molecule has 0 bridgehead atoms. The lowest BCUT2D eigenvalue weighted by atomic mass is 9.97. The summed E-state index contributed by atoms with van der Waals surface area (Å²) in [6.45, 7) is 0. The summed E-state index contributed by atoms with van der Waals surface area (Å²) in [5.74, 6) is 1.94. The van der Waals surface area contributed by atoms with E-state index in [0.717, 1.165) is 60.6 Å². The Morgan fingerprint density at radius 1 is 0.373 bits per heavy atom. The predicted molar refractivity (Wildman–Crippen MR) is 213 cm³/mol. The van der Waals surface area contributed by atoms with Crippen molar-refractivity contribution in [3.05, 3.63) is 170 Å². The van der Waals surface area contributed by atoms with Crippen LogP contribution >= 0.6 is 11.3 Å². The molecule has 0 radical (unpaired) electrons. The van der Waals surface area contributed by atoms with Crippen molar-refractivity contribution in [2.75, 3.05) is 0 Å². The predicted octanol–water partition coefficient (Wildman–Crippen LogP) is 12.3. The van der Waals surface area contributed by atoms with Crippen LogP contribution in [0.2, 0.25) is 0 Å². The van der Waals surface area contributed by atoms with E-state index in [1.807, 2.05) is 18.3 Å². The van der Waals surface area contributed by atoms with Gasteiger partial charge in [0, 0.05) is 48.4 Å². The fraction of sp³-hybridized carbons (Fsp3) is 0. The second-order valence-electron chi connectivity index (χ2n) is 12.7. The van der Waals surface area contributed by atoms with Gasteiger partial charge in [0.2, 0.25) is 0 Å². The van der Waals surface area contributed by atoms with Gasteiger partial charge in [-0.3, -0.25) is 4.98 Å². The van der Waals surface area contributed by atoms with E-state index >= 15 is 0 Å². The van der Waals surface area contributed by atoms with E-state index in [0.29, 0.717) is 17.5 Å². The number of rotatable bonds is 5. The zero-order valence-corrected chi connectivity index (χ0v) is 28.2. The third-order valence-corrected chi connectivity index (χ3v) is 10.8. The van der Waals surface area contributed by atoms with Crippen LogP contribution in [0.4, 0.5) is 0 Å². The Morgan fingerprint density at radius 3 is 1.94 bits per heavy atom. The molecule has 10 rings (SSSR count). The molecule has 0 fully saturated rings. The molecule has 0 aliphatic heterocycles. The van der Waals surface area contributed by atoms with E-state index < -0.39 is 0 Å². The van der Waals surface area contributed by atoms with Crippen LogP contribution in [0, 0.1) is 0 Å². The molecule has 0 aliphatic carbocycles. The highest BCUT2D eigenvalue weighted by Crippen LogP contribution is 2.40. The molecule has 4 nitrogen and oxygen atoms in total. The van der Waals surface area contributed by atoms with Crippen molar-refractivity contribution < 1.29 is 0 Å². The maximum absolute atomic E-state index is 5.27. The molecule has 7 aromatic carbocycles. The number of thiophene rings is 1. The molecular weight excluding hydrogens is 641 g/mol. The Balaban J connectivity index is 1.19. The molecule has 0 spiro atoms. The fourth-order valence-electron chi connectivity index (χ4n) is 7.03. The average molecular weight is 669 g/mol. The molecule has 51 heavy (non-hydrogen) atoms. The number of aromatic nitrogens is 4. The minimum absolute atomic E-state index is 0.639. The Kier molecular flexibility index (Phi) is 6.96. The monoisotopic (exact) mass is 668 g/mol. The molecule has 0 atom stereocenters. The molecule has 0 saturated heterocycles. The van der Waals surface area contributed by atoms with Gasteiger partial charge >= 0.3 is 0 Å². The first kappa shape index (κ1) is 29.4. The average Bonchev–Trinajstić information content (AvgIpc) is 3.59. The number of benzene rings is 7. The van der Waals surface area contributed by atoms with Gasteiger partial charge in [-0.05, 0) is 69.4 Å². The zero-order chi connectivity index (χ0) is 33.7. The van der Waals surface area contributed by atoms with Crippen LogP contribution in [0.5, 0.6) is 0 Å². The maximum Gasteiger partial charge on any atom is 0.165 e. The number of hydrogen-bond donors (Lipinski definition) is 0. The molecule has 0 aliphatic rings. The summed E-state index contributed by atoms with van der Waals surface area (Å²) in [6.07, 6.45) is 1.84. The lowest BCUT2D eigenvalue weighted by Crippen LogP contribution is -2.01. The van der Waals surface area contributed by atoms with Gasteiger partial charge in [0.1, 0.15) is 0 Å². The molecule has 5 heteroatoms. The topological polar surface area (TPSA) is 51.6 Å². The Bertz CT molecular complexity index is 2930. The van der Waals surface area contributed by atoms with Gasteiger partial charge in [0.25, 0.3) is 0 Å². The summed E-state index contributed by atoms with van der Waals surface area (Å²) < 4.78 is 2.42. The maximum atomic E-state index is 5.27. The molecule has 0 unspecified atom stereocenters. The van der Waals surface area contributed by atoms with Crippen molar-refractivity contribution >= 4 is 53.2 Å². The summed E-state index contributed by atoms with van der Waals surface area (Å²) >= 11 is 1.78. The smallest absolute Gasteiger partial charge is 0.165 e. The van der Waals surface area contributed by atoms with E-state index in [-0.39, 0.29) is 0 Å². The van der Waals surface area contributed by atoms with E-state index in [1.54, 1.807) is 11.3 Å². The van der Waals surface area contributed by atoms with Crippen molar-refractivity contribution in [2.24, 2.45) is 0 Å². The molecule has 0 amide bonds. The molecule has 10 aromatic rings. The van der Waals surface area contributed by atoms with Gasteiger partial charge in [-0.2, -0.15) is 0 Å². The molecule has 3 aromatic heterocycles. The van der Waals surface area contributed by atoms with E-state index in [2.05, 4.69) is 157 Å². The normalized spacial score (nSPS) is 11.5. The van der Waals surface area contributed by atoms with Crippen molar-refractivity contribution in [1.29, 1.82) is 0 Å². The zero-order valence-electron chi connectivity index (χ0n) is 27.4. The van der Waals surface area contributed by atoms with Gasteiger partial charge in [-0.1, -0.05) is 127 Å². The van der Waals surface area contributed by atoms with Crippen LogP contribution in [0.1, 0.15) is 0 Å². The van der Waals surface area contributed by atoms with E-state index in [9.17, 15) is 0 Å². The number of nitrogens with zero attached hydrogens (tertiary/aromatic N) is 4. The van der Waals surface area contributed by atoms with Crippen molar-refractivity contribution in [2.45, 2.75) is 0 Å². The summed E-state index contributed by atoms with van der Waals surface area (Å²) in [6, 6.07) is 57.4. The SMILES string of the molecule is c1ccc(-c2cccc(-c3nc(-c4cccc5ccc(-c6ccc7cccnc7c6)cc45)nc(-c4cccc5c4sc4ccccc45)n3)c2)cc1. The lowest BCUT2D eigenvalue weighted by Gasteiger charge is -2.12. The third-order valence-electron chi connectivity index (χ3n) is 9.57. The highest BCUT2D eigenvalue weighted by atomic mass is 32.1. The highest BCUT2D eigenvalue weighted by Gasteiger charge is 2.18. The minimum atomic E-state index is 0.639. The molecular formula is C46H28N4S. The quantitative estimate of drug-likeness (QED) is 0.183. The third kappa shape index (κ3) is 5.23. The van der Waals surface area contributed by atoms with Crippen LogP contribution in [-0.2, 0) is 0 Å². The second kappa shape index (κ2) is 12.1. The number of hydrogen-bond acceptors (Lipinski definition) is 5. The Hall–Kier alpha value is -6.56. The van der Waals surface area contributed by atoms with Gasteiger partial charge in [-0.25, -0.2) is 15.0 Å². The summed E-state index contributed by atoms with van der Waals surface area (Å²) in [5.41, 5.74) is 8.37. The van der Waals surface area contributed by atoms with Crippen LogP contribution in [0.15, 0.2) is 170 Å². The van der Waals surface area contributed by atoms with Crippen molar-refractivity contribution in [3.8, 4) is 56.4 Å². The van der Waals surface area contributed by atoms with Crippen molar-refractivity contribution in [1.82, 2.24) is 19.9 Å². The summed E-state index contributed by atoms with van der Waals surface area (Å²) in [5, 5.41) is 5.78. The molecule has 0 saturated carbocycles. The molecule has 3 heterocycles. The van der Waals surface area contributed by atoms with Gasteiger partial charge < -0.3 is 0 Å². The van der Waals surface area contributed by atoms with Gasteiger partial charge in [-0.15, -0.1) is 11.3 Å². The van der Waals surface area contributed by atoms with Crippen molar-refractivity contribution in [3.63, 3.8) is 0 Å².